The molecule has 5 heteroatoms. The third-order valence-electron chi connectivity index (χ3n) is 2.27. The first kappa shape index (κ1) is 15.8. The number of carbonyl (C=O) groups excluding carboxylic acids is 3. The molecule has 98 valence electrons. The molecule has 0 rings (SSSR count). The molecule has 0 aliphatic rings. The molecule has 0 fully saturated rings. The summed E-state index contributed by atoms with van der Waals surface area (Å²) < 4.78 is 9.70. The summed E-state index contributed by atoms with van der Waals surface area (Å²) in [7, 11) is 0. The minimum absolute atomic E-state index is 0.0793. The molecule has 0 saturated heterocycles. The van der Waals surface area contributed by atoms with Gasteiger partial charge >= 0.3 is 5.97 Å². The molecule has 5 nitrogen and oxygen atoms in total. The molecular weight excluding hydrogens is 224 g/mol. The van der Waals surface area contributed by atoms with Gasteiger partial charge in [-0.2, -0.15) is 0 Å². The van der Waals surface area contributed by atoms with E-state index in [0.29, 0.717) is 13.2 Å². The van der Waals surface area contributed by atoms with Crippen LogP contribution in [-0.2, 0) is 23.9 Å². The largest absolute Gasteiger partial charge is 0.466 e. The smallest absolute Gasteiger partial charge is 0.305 e. The van der Waals surface area contributed by atoms with Gasteiger partial charge in [0.05, 0.1) is 12.5 Å². The molecule has 0 aliphatic carbocycles. The summed E-state index contributed by atoms with van der Waals surface area (Å²) in [4.78, 5) is 34.0. The van der Waals surface area contributed by atoms with E-state index >= 15 is 0 Å². The van der Waals surface area contributed by atoms with Crippen molar-refractivity contribution in [1.82, 2.24) is 0 Å². The van der Waals surface area contributed by atoms with Crippen LogP contribution < -0.4 is 0 Å². The maximum atomic E-state index is 11.6. The van der Waals surface area contributed by atoms with Crippen LogP contribution in [0, 0.1) is 5.92 Å². The molecule has 0 aromatic heterocycles. The molecular formula is C12H20O5. The molecule has 1 unspecified atom stereocenters. The maximum absolute atomic E-state index is 11.6. The fourth-order valence-corrected chi connectivity index (χ4v) is 1.39. The van der Waals surface area contributed by atoms with Crippen LogP contribution in [0.1, 0.15) is 33.6 Å². The van der Waals surface area contributed by atoms with Gasteiger partial charge in [-0.3, -0.25) is 14.4 Å². The Morgan fingerprint density at radius 1 is 1.12 bits per heavy atom. The van der Waals surface area contributed by atoms with Crippen molar-refractivity contribution in [2.24, 2.45) is 5.92 Å². The zero-order chi connectivity index (χ0) is 13.3. The average molecular weight is 244 g/mol. The molecule has 0 heterocycles. The van der Waals surface area contributed by atoms with E-state index in [9.17, 15) is 14.4 Å². The Kier molecular flexibility index (Phi) is 8.23. The molecule has 17 heavy (non-hydrogen) atoms. The van der Waals surface area contributed by atoms with E-state index in [2.05, 4.69) is 0 Å². The van der Waals surface area contributed by atoms with Crippen molar-refractivity contribution in [1.29, 1.82) is 0 Å². The van der Waals surface area contributed by atoms with Crippen molar-refractivity contribution in [3.8, 4) is 0 Å². The SMILES string of the molecule is CCOCC(=O)C(CCC(=O)OCC)C(C)=O. The van der Waals surface area contributed by atoms with Crippen LogP contribution in [0.2, 0.25) is 0 Å². The lowest BCUT2D eigenvalue weighted by atomic mass is 9.95. The number of ketones is 2. The van der Waals surface area contributed by atoms with Gasteiger partial charge < -0.3 is 9.47 Å². The third-order valence-corrected chi connectivity index (χ3v) is 2.27. The maximum Gasteiger partial charge on any atom is 0.305 e. The predicted octanol–water partition coefficient (Wildman–Crippen LogP) is 1.14. The molecule has 0 saturated carbocycles. The fourth-order valence-electron chi connectivity index (χ4n) is 1.39. The number of carbonyl (C=O) groups is 3. The van der Waals surface area contributed by atoms with E-state index in [1.165, 1.54) is 6.92 Å². The lowest BCUT2D eigenvalue weighted by Gasteiger charge is -2.11. The Balaban J connectivity index is 4.20. The highest BCUT2D eigenvalue weighted by molar-refractivity contribution is 6.02. The van der Waals surface area contributed by atoms with E-state index in [4.69, 9.17) is 9.47 Å². The van der Waals surface area contributed by atoms with Crippen LogP contribution in [0.25, 0.3) is 0 Å². The number of esters is 1. The van der Waals surface area contributed by atoms with E-state index in [0.717, 1.165) is 0 Å². The summed E-state index contributed by atoms with van der Waals surface area (Å²) in [6.07, 6.45) is 0.274. The Morgan fingerprint density at radius 3 is 2.24 bits per heavy atom. The van der Waals surface area contributed by atoms with Crippen molar-refractivity contribution >= 4 is 17.5 Å². The normalized spacial score (nSPS) is 11.9. The van der Waals surface area contributed by atoms with Gasteiger partial charge in [0.15, 0.2) is 5.78 Å². The summed E-state index contributed by atoms with van der Waals surface area (Å²) in [5, 5.41) is 0. The average Bonchev–Trinajstić information content (AvgIpc) is 2.26. The summed E-state index contributed by atoms with van der Waals surface area (Å²) in [6.45, 7) is 5.48. The lowest BCUT2D eigenvalue weighted by Crippen LogP contribution is -2.27. The van der Waals surface area contributed by atoms with Crippen molar-refractivity contribution < 1.29 is 23.9 Å². The molecule has 0 aromatic rings. The van der Waals surface area contributed by atoms with Gasteiger partial charge in [-0.1, -0.05) is 0 Å². The second-order valence-electron chi connectivity index (χ2n) is 3.61. The van der Waals surface area contributed by atoms with Crippen LogP contribution in [0.15, 0.2) is 0 Å². The van der Waals surface area contributed by atoms with Crippen molar-refractivity contribution in [3.63, 3.8) is 0 Å². The second kappa shape index (κ2) is 8.87. The third kappa shape index (κ3) is 6.84. The molecule has 0 bridgehead atoms. The van der Waals surface area contributed by atoms with E-state index in [1.54, 1.807) is 13.8 Å². The molecule has 0 aliphatic heterocycles. The number of hydrogen-bond acceptors (Lipinski definition) is 5. The number of Topliss-reactive ketones (excluding diaryl/α,β-unsaturated/α-hetero) is 2. The van der Waals surface area contributed by atoms with Crippen LogP contribution in [0.5, 0.6) is 0 Å². The van der Waals surface area contributed by atoms with E-state index in [-0.39, 0.29) is 37.0 Å². The Hall–Kier alpha value is -1.23. The van der Waals surface area contributed by atoms with Crippen LogP contribution in [0.4, 0.5) is 0 Å². The first-order valence-electron chi connectivity index (χ1n) is 5.79. The van der Waals surface area contributed by atoms with Gasteiger partial charge in [-0.05, 0) is 27.2 Å². The summed E-state index contributed by atoms with van der Waals surface area (Å²) in [5.74, 6) is -1.66. The van der Waals surface area contributed by atoms with Gasteiger partial charge in [0.1, 0.15) is 12.4 Å². The van der Waals surface area contributed by atoms with Gasteiger partial charge in [0.2, 0.25) is 0 Å². The van der Waals surface area contributed by atoms with E-state index in [1.807, 2.05) is 0 Å². The van der Waals surface area contributed by atoms with E-state index < -0.39 is 5.92 Å². The first-order chi connectivity index (χ1) is 8.02. The minimum atomic E-state index is -0.758. The van der Waals surface area contributed by atoms with Gasteiger partial charge in [0.25, 0.3) is 0 Å². The molecule has 0 radical (unpaired) electrons. The van der Waals surface area contributed by atoms with Gasteiger partial charge in [0, 0.05) is 13.0 Å². The standard InChI is InChI=1S/C12H20O5/c1-4-16-8-11(14)10(9(3)13)6-7-12(15)17-5-2/h10H,4-8H2,1-3H3. The molecule has 0 aromatic carbocycles. The van der Waals surface area contributed by atoms with Crippen LogP contribution >= 0.6 is 0 Å². The Labute approximate surface area is 101 Å². The van der Waals surface area contributed by atoms with Crippen molar-refractivity contribution in [2.45, 2.75) is 33.6 Å². The van der Waals surface area contributed by atoms with Crippen LogP contribution in [-0.4, -0.2) is 37.4 Å². The summed E-state index contributed by atoms with van der Waals surface area (Å²) in [6, 6.07) is 0. The minimum Gasteiger partial charge on any atom is -0.466 e. The number of rotatable bonds is 9. The topological polar surface area (TPSA) is 69.7 Å². The van der Waals surface area contributed by atoms with Crippen molar-refractivity contribution in [2.75, 3.05) is 19.8 Å². The quantitative estimate of drug-likeness (QED) is 0.449. The lowest BCUT2D eigenvalue weighted by molar-refractivity contribution is -0.143. The molecule has 0 spiro atoms. The van der Waals surface area contributed by atoms with Gasteiger partial charge in [-0.25, -0.2) is 0 Å². The zero-order valence-electron chi connectivity index (χ0n) is 10.7. The molecule has 0 amide bonds. The number of hydrogen-bond donors (Lipinski definition) is 0. The monoisotopic (exact) mass is 244 g/mol. The highest BCUT2D eigenvalue weighted by Gasteiger charge is 2.24. The fraction of sp³-hybridized carbons (Fsp3) is 0.750. The number of ether oxygens (including phenoxy) is 2. The molecule has 1 atom stereocenters. The highest BCUT2D eigenvalue weighted by atomic mass is 16.5. The summed E-state index contributed by atoms with van der Waals surface area (Å²) >= 11 is 0. The summed E-state index contributed by atoms with van der Waals surface area (Å²) in [5.41, 5.74) is 0. The van der Waals surface area contributed by atoms with Gasteiger partial charge in [-0.15, -0.1) is 0 Å². The van der Waals surface area contributed by atoms with Crippen molar-refractivity contribution in [3.05, 3.63) is 0 Å². The zero-order valence-corrected chi connectivity index (χ0v) is 10.7. The molecule has 0 N–H and O–H groups in total. The Bertz CT molecular complexity index is 272. The highest BCUT2D eigenvalue weighted by Crippen LogP contribution is 2.10. The second-order valence-corrected chi connectivity index (χ2v) is 3.61. The first-order valence-corrected chi connectivity index (χ1v) is 5.79. The predicted molar refractivity (Wildman–Crippen MR) is 61.5 cm³/mol. The van der Waals surface area contributed by atoms with Crippen LogP contribution in [0.3, 0.4) is 0 Å². The Morgan fingerprint density at radius 2 is 1.76 bits per heavy atom.